The van der Waals surface area contributed by atoms with Crippen LogP contribution in [0.2, 0.25) is 0 Å². The van der Waals surface area contributed by atoms with E-state index in [0.29, 0.717) is 0 Å². The summed E-state index contributed by atoms with van der Waals surface area (Å²) in [6, 6.07) is 12.8. The van der Waals surface area contributed by atoms with Crippen molar-refractivity contribution in [2.75, 3.05) is 0 Å². The van der Waals surface area contributed by atoms with Gasteiger partial charge in [-0.25, -0.2) is 0 Å². The fraction of sp³-hybridized carbons (Fsp3) is 0.267. The zero-order valence-corrected chi connectivity index (χ0v) is 9.36. The van der Waals surface area contributed by atoms with Gasteiger partial charge in [0.2, 0.25) is 0 Å². The molecular formula is C15H14O. The molecule has 16 heavy (non-hydrogen) atoms. The topological polar surface area (TPSA) is 17.1 Å². The number of benzene rings is 2. The lowest BCUT2D eigenvalue weighted by molar-refractivity contribution is -0.109. The van der Waals surface area contributed by atoms with Gasteiger partial charge in [0.25, 0.3) is 0 Å². The third kappa shape index (κ3) is 1.35. The van der Waals surface area contributed by atoms with Gasteiger partial charge in [0.15, 0.2) is 0 Å². The molecule has 0 spiro atoms. The summed E-state index contributed by atoms with van der Waals surface area (Å²) < 4.78 is 0. The largest absolute Gasteiger partial charge is 0.302 e. The Bertz CT molecular complexity index is 565. The van der Waals surface area contributed by atoms with Crippen LogP contribution in [-0.4, -0.2) is 6.29 Å². The Morgan fingerprint density at radius 3 is 2.44 bits per heavy atom. The highest BCUT2D eigenvalue weighted by Gasteiger charge is 2.44. The van der Waals surface area contributed by atoms with Gasteiger partial charge in [0.1, 0.15) is 6.29 Å². The molecule has 0 saturated heterocycles. The molecule has 1 aliphatic carbocycles. The first kappa shape index (κ1) is 9.59. The second-order valence-corrected chi connectivity index (χ2v) is 4.84. The lowest BCUT2D eigenvalue weighted by Crippen LogP contribution is -2.07. The number of rotatable bonds is 2. The number of carbonyl (C=O) groups is 1. The van der Waals surface area contributed by atoms with E-state index in [1.165, 1.54) is 21.9 Å². The van der Waals surface area contributed by atoms with Crippen molar-refractivity contribution in [3.63, 3.8) is 0 Å². The predicted octanol–water partition coefficient (Wildman–Crippen LogP) is 3.38. The molecule has 1 fully saturated rings. The van der Waals surface area contributed by atoms with Gasteiger partial charge in [-0.1, -0.05) is 42.0 Å². The van der Waals surface area contributed by atoms with Crippen LogP contribution < -0.4 is 0 Å². The van der Waals surface area contributed by atoms with E-state index in [-0.39, 0.29) is 5.41 Å². The van der Waals surface area contributed by atoms with Gasteiger partial charge in [-0.15, -0.1) is 0 Å². The van der Waals surface area contributed by atoms with Crippen LogP contribution in [0.1, 0.15) is 24.0 Å². The summed E-state index contributed by atoms with van der Waals surface area (Å²) in [7, 11) is 0. The molecule has 0 radical (unpaired) electrons. The lowest BCUT2D eigenvalue weighted by atomic mass is 9.94. The van der Waals surface area contributed by atoms with Crippen molar-refractivity contribution in [3.05, 3.63) is 47.5 Å². The molecule has 0 bridgehead atoms. The van der Waals surface area contributed by atoms with E-state index in [9.17, 15) is 4.79 Å². The Morgan fingerprint density at radius 2 is 1.75 bits per heavy atom. The van der Waals surface area contributed by atoms with Gasteiger partial charge >= 0.3 is 0 Å². The molecule has 3 rings (SSSR count). The van der Waals surface area contributed by atoms with Crippen LogP contribution in [0.4, 0.5) is 0 Å². The maximum Gasteiger partial charge on any atom is 0.130 e. The number of hydrogen-bond donors (Lipinski definition) is 0. The highest BCUT2D eigenvalue weighted by Crippen LogP contribution is 2.46. The SMILES string of the molecule is Cc1ccc2cc(C3(C=O)CC3)ccc2c1. The highest BCUT2D eigenvalue weighted by molar-refractivity contribution is 5.86. The molecule has 2 aromatic carbocycles. The Balaban J connectivity index is 2.16. The summed E-state index contributed by atoms with van der Waals surface area (Å²) in [6.45, 7) is 2.10. The smallest absolute Gasteiger partial charge is 0.130 e. The molecule has 0 aliphatic heterocycles. The maximum atomic E-state index is 11.1. The Labute approximate surface area is 95.1 Å². The third-order valence-corrected chi connectivity index (χ3v) is 3.58. The van der Waals surface area contributed by atoms with Crippen molar-refractivity contribution in [1.29, 1.82) is 0 Å². The van der Waals surface area contributed by atoms with E-state index in [4.69, 9.17) is 0 Å². The van der Waals surface area contributed by atoms with Gasteiger partial charge < -0.3 is 4.79 Å². The first-order chi connectivity index (χ1) is 7.73. The number of aryl methyl sites for hydroxylation is 1. The first-order valence-corrected chi connectivity index (χ1v) is 5.71. The van der Waals surface area contributed by atoms with Crippen molar-refractivity contribution >= 4 is 17.1 Å². The molecule has 0 unspecified atom stereocenters. The zero-order chi connectivity index (χ0) is 11.2. The van der Waals surface area contributed by atoms with Crippen LogP contribution in [0.5, 0.6) is 0 Å². The Kier molecular flexibility index (Phi) is 1.90. The van der Waals surface area contributed by atoms with Gasteiger partial charge in [0.05, 0.1) is 5.41 Å². The van der Waals surface area contributed by atoms with Crippen LogP contribution >= 0.6 is 0 Å². The van der Waals surface area contributed by atoms with E-state index < -0.39 is 0 Å². The fourth-order valence-corrected chi connectivity index (χ4v) is 2.28. The van der Waals surface area contributed by atoms with Crippen LogP contribution in [0.25, 0.3) is 10.8 Å². The molecule has 1 aliphatic rings. The van der Waals surface area contributed by atoms with Crippen molar-refractivity contribution in [2.24, 2.45) is 0 Å². The summed E-state index contributed by atoms with van der Waals surface area (Å²) in [4.78, 5) is 11.1. The summed E-state index contributed by atoms with van der Waals surface area (Å²) in [5.74, 6) is 0. The third-order valence-electron chi connectivity index (χ3n) is 3.58. The minimum absolute atomic E-state index is 0.154. The van der Waals surface area contributed by atoms with E-state index in [2.05, 4.69) is 43.3 Å². The summed E-state index contributed by atoms with van der Waals surface area (Å²) >= 11 is 0. The number of carbonyl (C=O) groups excluding carboxylic acids is 1. The standard InChI is InChI=1S/C15H14O/c1-11-2-3-13-9-14(5-4-12(13)8-11)15(10-16)6-7-15/h2-5,8-10H,6-7H2,1H3. The van der Waals surface area contributed by atoms with Gasteiger partial charge in [-0.2, -0.15) is 0 Å². The van der Waals surface area contributed by atoms with Gasteiger partial charge in [-0.3, -0.25) is 0 Å². The Hall–Kier alpha value is -1.63. The van der Waals surface area contributed by atoms with Crippen molar-refractivity contribution in [1.82, 2.24) is 0 Å². The molecule has 1 saturated carbocycles. The van der Waals surface area contributed by atoms with Crippen LogP contribution in [0.3, 0.4) is 0 Å². The fourth-order valence-electron chi connectivity index (χ4n) is 2.28. The average molecular weight is 210 g/mol. The quantitative estimate of drug-likeness (QED) is 0.694. The van der Waals surface area contributed by atoms with Crippen LogP contribution in [-0.2, 0) is 10.2 Å². The molecule has 0 heterocycles. The second-order valence-electron chi connectivity index (χ2n) is 4.84. The molecule has 0 N–H and O–H groups in total. The van der Waals surface area contributed by atoms with Gasteiger partial charge in [0, 0.05) is 0 Å². The summed E-state index contributed by atoms with van der Waals surface area (Å²) in [5.41, 5.74) is 2.30. The van der Waals surface area contributed by atoms with E-state index in [0.717, 1.165) is 19.1 Å². The number of hydrogen-bond acceptors (Lipinski definition) is 1. The normalized spacial score (nSPS) is 17.3. The molecular weight excluding hydrogens is 196 g/mol. The predicted molar refractivity (Wildman–Crippen MR) is 65.7 cm³/mol. The van der Waals surface area contributed by atoms with Crippen LogP contribution in [0, 0.1) is 6.92 Å². The van der Waals surface area contributed by atoms with Crippen LogP contribution in [0.15, 0.2) is 36.4 Å². The molecule has 2 aromatic rings. The van der Waals surface area contributed by atoms with Crippen molar-refractivity contribution in [2.45, 2.75) is 25.2 Å². The molecule has 80 valence electrons. The molecule has 0 aromatic heterocycles. The van der Waals surface area contributed by atoms with Gasteiger partial charge in [-0.05, 0) is 36.1 Å². The first-order valence-electron chi connectivity index (χ1n) is 5.71. The number of fused-ring (bicyclic) bond motifs is 1. The average Bonchev–Trinajstić information content (AvgIpc) is 3.09. The minimum atomic E-state index is -0.154. The highest BCUT2D eigenvalue weighted by atomic mass is 16.1. The van der Waals surface area contributed by atoms with Crippen molar-refractivity contribution < 1.29 is 4.79 Å². The van der Waals surface area contributed by atoms with E-state index in [1.807, 2.05) is 0 Å². The molecule has 0 atom stereocenters. The summed E-state index contributed by atoms with van der Waals surface area (Å²) in [5, 5.41) is 2.49. The van der Waals surface area contributed by atoms with Crippen molar-refractivity contribution in [3.8, 4) is 0 Å². The lowest BCUT2D eigenvalue weighted by Gasteiger charge is -2.09. The minimum Gasteiger partial charge on any atom is -0.302 e. The molecule has 1 heteroatoms. The van der Waals surface area contributed by atoms with E-state index in [1.54, 1.807) is 0 Å². The molecule has 1 nitrogen and oxygen atoms in total. The van der Waals surface area contributed by atoms with E-state index >= 15 is 0 Å². The second kappa shape index (κ2) is 3.18. The Morgan fingerprint density at radius 1 is 1.06 bits per heavy atom. The zero-order valence-electron chi connectivity index (χ0n) is 9.36. The summed E-state index contributed by atoms with van der Waals surface area (Å²) in [6.07, 6.45) is 3.13. The monoisotopic (exact) mass is 210 g/mol. The maximum absolute atomic E-state index is 11.1. The molecule has 0 amide bonds. The number of aldehydes is 1.